The summed E-state index contributed by atoms with van der Waals surface area (Å²) in [5.41, 5.74) is 1.60. The van der Waals surface area contributed by atoms with Gasteiger partial charge in [-0.05, 0) is 144 Å². The van der Waals surface area contributed by atoms with E-state index in [-0.39, 0.29) is 62.5 Å². The number of fused-ring (bicyclic) bond motifs is 6. The summed E-state index contributed by atoms with van der Waals surface area (Å²) < 4.78 is 73.4. The molecule has 97 heavy (non-hydrogen) atoms. The summed E-state index contributed by atoms with van der Waals surface area (Å²) in [5, 5.41) is 47.1. The smallest absolute Gasteiger partial charge is 0.294 e. The molecule has 7 aromatic rings. The third-order valence-corrected chi connectivity index (χ3v) is 20.5. The van der Waals surface area contributed by atoms with Gasteiger partial charge in [-0.15, -0.1) is 20.5 Å². The number of carbonyl (C=O) groups excluding carboxylic acids is 4. The van der Waals surface area contributed by atoms with Crippen LogP contribution in [-0.2, 0) is 25.0 Å². The van der Waals surface area contributed by atoms with Crippen LogP contribution in [-0.4, -0.2) is 149 Å². The molecule has 0 unspecified atom stereocenters. The highest BCUT2D eigenvalue weighted by Crippen LogP contribution is 2.43. The molecule has 2 saturated heterocycles. The first kappa shape index (κ1) is 67.0. The molecule has 0 saturated carbocycles. The lowest BCUT2D eigenvalue weighted by Gasteiger charge is -2.27. The van der Waals surface area contributed by atoms with Gasteiger partial charge in [-0.2, -0.15) is 52.3 Å². The van der Waals surface area contributed by atoms with E-state index in [2.05, 4.69) is 25.8 Å². The number of nitrogens with one attached hydrogen (secondary N) is 2. The average Bonchev–Trinajstić information content (AvgIpc) is 1.62. The van der Waals surface area contributed by atoms with Gasteiger partial charge in [0.2, 0.25) is 22.2 Å². The number of imide groups is 2. The van der Waals surface area contributed by atoms with Gasteiger partial charge in [0.1, 0.15) is 53.3 Å². The van der Waals surface area contributed by atoms with Crippen molar-refractivity contribution in [2.24, 2.45) is 20.5 Å². The number of allylic oxidation sites excluding steroid dienone is 2. The van der Waals surface area contributed by atoms with Crippen molar-refractivity contribution in [3.05, 3.63) is 116 Å². The number of hydrogen-bond donors (Lipinski definition) is 4. The van der Waals surface area contributed by atoms with Gasteiger partial charge in [0.15, 0.2) is 5.16 Å². The molecule has 4 amide bonds. The molecule has 0 spiro atoms. The van der Waals surface area contributed by atoms with Gasteiger partial charge in [-0.25, -0.2) is 9.80 Å². The summed E-state index contributed by atoms with van der Waals surface area (Å²) in [6.07, 6.45) is 8.14. The van der Waals surface area contributed by atoms with Crippen LogP contribution < -0.4 is 30.2 Å². The number of nitriles is 2. The highest BCUT2D eigenvalue weighted by Gasteiger charge is 2.41. The van der Waals surface area contributed by atoms with Gasteiger partial charge in [0, 0.05) is 62.9 Å². The molecule has 4 N–H and O–H groups in total. The minimum absolute atomic E-state index is 0.119. The number of aromatic nitrogens is 5. The molecule has 0 aliphatic carbocycles. The maximum atomic E-state index is 13.8. The van der Waals surface area contributed by atoms with Crippen LogP contribution in [0.4, 0.5) is 67.9 Å². The number of thioether (sulfide) groups is 1. The van der Waals surface area contributed by atoms with Crippen molar-refractivity contribution in [1.82, 2.24) is 34.7 Å². The Morgan fingerprint density at radius 1 is 0.649 bits per heavy atom. The Balaban J connectivity index is 0.871. The third-order valence-electron chi connectivity index (χ3n) is 16.3. The maximum absolute atomic E-state index is 13.8. The summed E-state index contributed by atoms with van der Waals surface area (Å²) >= 11 is 3.47. The van der Waals surface area contributed by atoms with Crippen molar-refractivity contribution in [3.63, 3.8) is 0 Å². The topological polar surface area (TPSA) is 391 Å². The Hall–Kier alpha value is -9.98. The average molecular weight is 1410 g/mol. The fourth-order valence-electron chi connectivity index (χ4n) is 11.4. The molecule has 2 fully saturated rings. The molecule has 3 aromatic heterocycles. The van der Waals surface area contributed by atoms with Crippen LogP contribution in [0, 0.1) is 22.7 Å². The van der Waals surface area contributed by atoms with Gasteiger partial charge in [-0.1, -0.05) is 34.4 Å². The quantitative estimate of drug-likeness (QED) is 0.0268. The number of carbonyl (C=O) groups is 4. The van der Waals surface area contributed by atoms with Crippen molar-refractivity contribution >= 4 is 158 Å². The minimum atomic E-state index is -4.72. The molecule has 0 atom stereocenters. The molecule has 8 heterocycles. The summed E-state index contributed by atoms with van der Waals surface area (Å²) in [6.45, 7) is 11.1. The van der Waals surface area contributed by atoms with Gasteiger partial charge in [-0.3, -0.25) is 28.3 Å². The predicted molar refractivity (Wildman–Crippen MR) is 363 cm³/mol. The summed E-state index contributed by atoms with van der Waals surface area (Å²) in [5.74, 6) is -1.98. The van der Waals surface area contributed by atoms with Crippen LogP contribution in [0.5, 0.6) is 0 Å². The van der Waals surface area contributed by atoms with Crippen LogP contribution in [0.1, 0.15) is 110 Å². The van der Waals surface area contributed by atoms with E-state index in [1.807, 2.05) is 71.9 Å². The molecule has 4 bridgehead atoms. The predicted octanol–water partition coefficient (Wildman–Crippen LogP) is 11.7. The Bertz CT molecular complexity index is 4800. The Morgan fingerprint density at radius 3 is 1.69 bits per heavy atom. The monoisotopic (exact) mass is 1410 g/mol. The molecule has 5 aliphatic heterocycles. The zero-order valence-electron chi connectivity index (χ0n) is 52.1. The zero-order chi connectivity index (χ0) is 68.3. The normalized spacial score (nSPS) is 16.5. The number of ether oxygens (including phenoxy) is 1. The lowest BCUT2D eigenvalue weighted by molar-refractivity contribution is 0.0696. The number of azo groups is 2. The van der Waals surface area contributed by atoms with Crippen molar-refractivity contribution < 1.29 is 49.9 Å². The van der Waals surface area contributed by atoms with Gasteiger partial charge < -0.3 is 35.0 Å². The van der Waals surface area contributed by atoms with Crippen molar-refractivity contribution in [3.8, 4) is 12.1 Å². The molecule has 12 rings (SSSR count). The number of anilines is 8. The first-order valence-corrected chi connectivity index (χ1v) is 36.1. The Labute approximate surface area is 568 Å². The van der Waals surface area contributed by atoms with Crippen LogP contribution >= 0.6 is 34.4 Å². The Morgan fingerprint density at radius 2 is 1.18 bits per heavy atom. The second kappa shape index (κ2) is 28.4. The molecule has 4 aromatic carbocycles. The van der Waals surface area contributed by atoms with E-state index >= 15 is 0 Å². The molecular weight excluding hydrogens is 1350 g/mol. The van der Waals surface area contributed by atoms with E-state index in [0.29, 0.717) is 117 Å². The lowest BCUT2D eigenvalue weighted by atomic mass is 10.1. The summed E-state index contributed by atoms with van der Waals surface area (Å²) in [6, 6.07) is 21.0. The number of piperidine rings is 2. The zero-order valence-corrected chi connectivity index (χ0v) is 56.2. The largest absolute Gasteiger partial charge is 0.372 e. The van der Waals surface area contributed by atoms with Crippen molar-refractivity contribution in [1.29, 1.82) is 10.5 Å². The fourth-order valence-corrected chi connectivity index (χ4v) is 14.8. The summed E-state index contributed by atoms with van der Waals surface area (Å²) in [7, 11) is -9.45. The first-order chi connectivity index (χ1) is 46.7. The molecule has 0 radical (unpaired) electrons. The Kier molecular flexibility index (Phi) is 19.6. The van der Waals surface area contributed by atoms with Gasteiger partial charge in [0.25, 0.3) is 43.9 Å². The van der Waals surface area contributed by atoms with Gasteiger partial charge in [0.05, 0.1) is 59.8 Å². The molecule has 35 heteroatoms. The second-order valence-electron chi connectivity index (χ2n) is 22.2. The van der Waals surface area contributed by atoms with E-state index in [1.54, 1.807) is 12.1 Å². The first-order valence-electron chi connectivity index (χ1n) is 30.6. The van der Waals surface area contributed by atoms with E-state index in [1.165, 1.54) is 23.9 Å². The highest BCUT2D eigenvalue weighted by atomic mass is 32.2. The number of nitrogens with zero attached hydrogens (tertiary/aromatic N) is 17. The summed E-state index contributed by atoms with van der Waals surface area (Å²) in [4.78, 5) is 88.4. The van der Waals surface area contributed by atoms with E-state index in [0.717, 1.165) is 109 Å². The highest BCUT2D eigenvalue weighted by molar-refractivity contribution is 7.99. The molecule has 498 valence electrons. The van der Waals surface area contributed by atoms with Crippen LogP contribution in [0.3, 0.4) is 0 Å². The molecule has 5 aliphatic rings. The van der Waals surface area contributed by atoms with Gasteiger partial charge >= 0.3 is 0 Å². The van der Waals surface area contributed by atoms with Crippen LogP contribution in [0.2, 0.25) is 0 Å². The van der Waals surface area contributed by atoms with E-state index in [4.69, 9.17) is 39.9 Å². The number of hydrogen-bond acceptors (Lipinski definition) is 29. The van der Waals surface area contributed by atoms with E-state index < -0.39 is 53.7 Å². The van der Waals surface area contributed by atoms with Crippen molar-refractivity contribution in [2.75, 3.05) is 95.1 Å². The third kappa shape index (κ3) is 14.3. The van der Waals surface area contributed by atoms with Crippen molar-refractivity contribution in [2.45, 2.75) is 74.2 Å². The number of thiazole rings is 2. The van der Waals surface area contributed by atoms with Crippen LogP contribution in [0.15, 0.2) is 120 Å². The minimum Gasteiger partial charge on any atom is -0.372 e. The fraction of sp³-hybridized carbons (Fsp3) is 0.306. The molecule has 30 nitrogen and oxygen atoms in total. The van der Waals surface area contributed by atoms with E-state index in [9.17, 15) is 55.6 Å². The number of rotatable bonds is 18. The molecular formula is C62H59N19O11S5. The maximum Gasteiger partial charge on any atom is 0.294 e. The SMILES string of the molecule is CCN(CC)c1ccc(N=Nc2nc(N3CCCCC3)c(C=C(C#N)N3C(=O)c4ccc(S(=O)(=O)O)cc4C3=O)s2)c(Nc2nc3nc(n2)SCCOCN(CC)c2ccc(N=Nc4nc(N5CCCCC5)c(C=C(C#N)N5C(=O)c6ccc(S(=O)(=O)O)cc6C5=O)s4)c(c2)N3)c1. The lowest BCUT2D eigenvalue weighted by Crippen LogP contribution is -2.30. The second-order valence-corrected chi connectivity index (χ2v) is 28.2. The standard InChI is InChI=1S/C62H59N19O11S5/c1-4-76(5-2)36-13-19-46(72-74-61-67-52(78-21-9-7-10-22-78)50(94-61)29-38(33-63)80-54(82)42-17-15-40(96(86,87)88)31-44(42)56(80)84)48(27-36)65-58-69-59-66-49-28-37(77(6-3)35-92-25-26-93-60(70-58)71-59)14-20-47(49)73-75-62-68-53(79-23-11-8-12-24-79)51(95-62)30-39(34-64)81-55(83)43-18-16-41(97(89,90)91)32-45(43)57(81)85/h13-20,27-32H,4-12,21-26,35H2,1-3H3,(H,86,87,88)(H,89,90,91)(H2,65,66,69,70,71). The van der Waals surface area contributed by atoms with Crippen LogP contribution in [0.25, 0.3) is 12.2 Å². The number of benzene rings is 4. The number of amides is 4.